The van der Waals surface area contributed by atoms with E-state index in [0.717, 1.165) is 12.1 Å². The summed E-state index contributed by atoms with van der Waals surface area (Å²) in [6.07, 6.45) is 4.58. The van der Waals surface area contributed by atoms with E-state index in [0.29, 0.717) is 12.8 Å². The van der Waals surface area contributed by atoms with Gasteiger partial charge in [-0.15, -0.1) is 0 Å². The molecule has 0 saturated carbocycles. The van der Waals surface area contributed by atoms with Gasteiger partial charge in [-0.1, -0.05) is 0 Å². The summed E-state index contributed by atoms with van der Waals surface area (Å²) in [6, 6.07) is 0. The Bertz CT molecular complexity index is 320. The highest BCUT2D eigenvalue weighted by atomic mass is 16.5. The number of hydrogen-bond acceptors (Lipinski definition) is 3. The van der Waals surface area contributed by atoms with Crippen LogP contribution >= 0.6 is 0 Å². The zero-order valence-corrected chi connectivity index (χ0v) is 9.56. The summed E-state index contributed by atoms with van der Waals surface area (Å²) < 4.78 is 6.87. The molecule has 84 valence electrons. The SMILES string of the molecule is CCn1cc(CC(=O)CC(C)OC)cn1. The normalized spacial score (nSPS) is 12.7. The minimum Gasteiger partial charge on any atom is -0.381 e. The van der Waals surface area contributed by atoms with Crippen molar-refractivity contribution in [1.82, 2.24) is 9.78 Å². The van der Waals surface area contributed by atoms with Crippen molar-refractivity contribution in [2.45, 2.75) is 39.3 Å². The predicted molar refractivity (Wildman–Crippen MR) is 57.7 cm³/mol. The zero-order valence-electron chi connectivity index (χ0n) is 9.56. The molecule has 0 radical (unpaired) electrons. The maximum Gasteiger partial charge on any atom is 0.139 e. The molecule has 0 saturated heterocycles. The summed E-state index contributed by atoms with van der Waals surface area (Å²) >= 11 is 0. The zero-order chi connectivity index (χ0) is 11.3. The van der Waals surface area contributed by atoms with Crippen LogP contribution in [0.3, 0.4) is 0 Å². The van der Waals surface area contributed by atoms with Crippen LogP contribution in [0.4, 0.5) is 0 Å². The fraction of sp³-hybridized carbons (Fsp3) is 0.636. The Morgan fingerprint density at radius 3 is 2.93 bits per heavy atom. The molecule has 0 amide bonds. The number of aromatic nitrogens is 2. The van der Waals surface area contributed by atoms with Crippen molar-refractivity contribution in [3.8, 4) is 0 Å². The molecule has 0 aromatic carbocycles. The first-order valence-electron chi connectivity index (χ1n) is 5.21. The largest absolute Gasteiger partial charge is 0.381 e. The highest BCUT2D eigenvalue weighted by molar-refractivity contribution is 5.81. The van der Waals surface area contributed by atoms with Crippen molar-refractivity contribution in [2.24, 2.45) is 0 Å². The van der Waals surface area contributed by atoms with Gasteiger partial charge in [0.1, 0.15) is 5.78 Å². The molecule has 1 unspecified atom stereocenters. The van der Waals surface area contributed by atoms with E-state index in [1.54, 1.807) is 13.3 Å². The summed E-state index contributed by atoms with van der Waals surface area (Å²) in [6.45, 7) is 4.75. The number of carbonyl (C=O) groups excluding carboxylic acids is 1. The average Bonchev–Trinajstić information content (AvgIpc) is 2.65. The van der Waals surface area contributed by atoms with Gasteiger partial charge >= 0.3 is 0 Å². The summed E-state index contributed by atoms with van der Waals surface area (Å²) in [4.78, 5) is 11.6. The highest BCUT2D eigenvalue weighted by Gasteiger charge is 2.09. The van der Waals surface area contributed by atoms with Crippen molar-refractivity contribution < 1.29 is 9.53 Å². The summed E-state index contributed by atoms with van der Waals surface area (Å²) in [7, 11) is 1.62. The Labute approximate surface area is 90.2 Å². The van der Waals surface area contributed by atoms with E-state index in [-0.39, 0.29) is 11.9 Å². The molecule has 1 aromatic heterocycles. The molecule has 0 fully saturated rings. The standard InChI is InChI=1S/C11H18N2O2/c1-4-13-8-10(7-12-13)6-11(14)5-9(2)15-3/h7-9H,4-6H2,1-3H3. The Morgan fingerprint density at radius 1 is 1.67 bits per heavy atom. The predicted octanol–water partition coefficient (Wildman–Crippen LogP) is 1.44. The van der Waals surface area contributed by atoms with Crippen LogP contribution in [0.5, 0.6) is 0 Å². The molecule has 1 rings (SSSR count). The minimum absolute atomic E-state index is 0.00119. The molecule has 4 heteroatoms. The molecule has 0 spiro atoms. The van der Waals surface area contributed by atoms with Crippen molar-refractivity contribution in [2.75, 3.05) is 7.11 Å². The lowest BCUT2D eigenvalue weighted by atomic mass is 10.1. The van der Waals surface area contributed by atoms with Gasteiger partial charge in [-0.3, -0.25) is 9.48 Å². The first-order valence-corrected chi connectivity index (χ1v) is 5.21. The third-order valence-electron chi connectivity index (χ3n) is 2.33. The first-order chi connectivity index (χ1) is 7.15. The summed E-state index contributed by atoms with van der Waals surface area (Å²) in [5, 5.41) is 4.12. The maximum atomic E-state index is 11.6. The minimum atomic E-state index is -0.00119. The fourth-order valence-electron chi connectivity index (χ4n) is 1.37. The lowest BCUT2D eigenvalue weighted by Gasteiger charge is -2.06. The number of aryl methyl sites for hydroxylation is 1. The van der Waals surface area contributed by atoms with Gasteiger partial charge in [0, 0.05) is 32.7 Å². The Balaban J connectivity index is 2.44. The molecule has 15 heavy (non-hydrogen) atoms. The van der Waals surface area contributed by atoms with Gasteiger partial charge in [0.2, 0.25) is 0 Å². The third-order valence-corrected chi connectivity index (χ3v) is 2.33. The van der Waals surface area contributed by atoms with Crippen LogP contribution in [0.25, 0.3) is 0 Å². The van der Waals surface area contributed by atoms with E-state index < -0.39 is 0 Å². The Hall–Kier alpha value is -1.16. The maximum absolute atomic E-state index is 11.6. The second-order valence-electron chi connectivity index (χ2n) is 3.67. The van der Waals surface area contributed by atoms with Gasteiger partial charge in [-0.2, -0.15) is 5.10 Å². The molecule has 0 aliphatic heterocycles. The lowest BCUT2D eigenvalue weighted by Crippen LogP contribution is -2.13. The van der Waals surface area contributed by atoms with Crippen LogP contribution in [0.1, 0.15) is 25.8 Å². The molecule has 0 aliphatic rings. The topological polar surface area (TPSA) is 44.1 Å². The van der Waals surface area contributed by atoms with Gasteiger partial charge in [0.15, 0.2) is 0 Å². The van der Waals surface area contributed by atoms with E-state index in [9.17, 15) is 4.79 Å². The highest BCUT2D eigenvalue weighted by Crippen LogP contribution is 2.04. The number of hydrogen-bond donors (Lipinski definition) is 0. The van der Waals surface area contributed by atoms with Crippen molar-refractivity contribution >= 4 is 5.78 Å². The number of ketones is 1. The van der Waals surface area contributed by atoms with Crippen LogP contribution in [0, 0.1) is 0 Å². The summed E-state index contributed by atoms with van der Waals surface area (Å²) in [5.74, 6) is 0.194. The third kappa shape index (κ3) is 3.83. The molecular formula is C11H18N2O2. The average molecular weight is 210 g/mol. The molecule has 4 nitrogen and oxygen atoms in total. The van der Waals surface area contributed by atoms with Crippen LogP contribution in [0.15, 0.2) is 12.4 Å². The van der Waals surface area contributed by atoms with Gasteiger partial charge in [0.05, 0.1) is 12.3 Å². The van der Waals surface area contributed by atoms with Gasteiger partial charge in [0.25, 0.3) is 0 Å². The van der Waals surface area contributed by atoms with E-state index in [2.05, 4.69) is 5.10 Å². The summed E-state index contributed by atoms with van der Waals surface area (Å²) in [5.41, 5.74) is 0.977. The van der Waals surface area contributed by atoms with Gasteiger partial charge in [-0.25, -0.2) is 0 Å². The molecule has 1 heterocycles. The van der Waals surface area contributed by atoms with Crippen molar-refractivity contribution in [3.05, 3.63) is 18.0 Å². The first kappa shape index (κ1) is 11.9. The van der Waals surface area contributed by atoms with Gasteiger partial charge in [-0.05, 0) is 19.4 Å². The van der Waals surface area contributed by atoms with Crippen molar-refractivity contribution in [1.29, 1.82) is 0 Å². The lowest BCUT2D eigenvalue weighted by molar-refractivity contribution is -0.120. The number of Topliss-reactive ketones (excluding diaryl/α,β-unsaturated/α-hetero) is 1. The molecule has 0 aliphatic carbocycles. The van der Waals surface area contributed by atoms with Crippen LogP contribution in [-0.2, 0) is 22.5 Å². The number of ether oxygens (including phenoxy) is 1. The Kier molecular flexibility index (Phi) is 4.49. The monoisotopic (exact) mass is 210 g/mol. The van der Waals surface area contributed by atoms with Crippen LogP contribution in [-0.4, -0.2) is 28.8 Å². The number of methoxy groups -OCH3 is 1. The number of nitrogens with zero attached hydrogens (tertiary/aromatic N) is 2. The number of rotatable bonds is 6. The van der Waals surface area contributed by atoms with Crippen LogP contribution < -0.4 is 0 Å². The molecule has 1 atom stereocenters. The quantitative estimate of drug-likeness (QED) is 0.713. The van der Waals surface area contributed by atoms with Crippen molar-refractivity contribution in [3.63, 3.8) is 0 Å². The van der Waals surface area contributed by atoms with E-state index in [4.69, 9.17) is 4.74 Å². The molecular weight excluding hydrogens is 192 g/mol. The van der Waals surface area contributed by atoms with Gasteiger partial charge < -0.3 is 4.74 Å². The van der Waals surface area contributed by atoms with Crippen LogP contribution in [0.2, 0.25) is 0 Å². The van der Waals surface area contributed by atoms with E-state index in [1.807, 2.05) is 24.7 Å². The Morgan fingerprint density at radius 2 is 2.40 bits per heavy atom. The second kappa shape index (κ2) is 5.66. The second-order valence-corrected chi connectivity index (χ2v) is 3.67. The van der Waals surface area contributed by atoms with E-state index >= 15 is 0 Å². The molecule has 0 bridgehead atoms. The molecule has 1 aromatic rings. The smallest absolute Gasteiger partial charge is 0.139 e. The number of carbonyl (C=O) groups is 1. The fourth-order valence-corrected chi connectivity index (χ4v) is 1.37. The van der Waals surface area contributed by atoms with E-state index in [1.165, 1.54) is 0 Å². The molecule has 0 N–H and O–H groups in total.